The van der Waals surface area contributed by atoms with Gasteiger partial charge in [0.25, 0.3) is 7.82 Å². The van der Waals surface area contributed by atoms with E-state index in [2.05, 4.69) is 47.6 Å². The summed E-state index contributed by atoms with van der Waals surface area (Å²) in [7, 11) is -16.9. The van der Waals surface area contributed by atoms with Gasteiger partial charge >= 0.3 is 15.6 Å². The zero-order valence-electron chi connectivity index (χ0n) is 18.0. The number of phosphoric ester groups is 1. The number of hydrogen-bond acceptors (Lipinski definition) is 14. The molecule has 0 radical (unpaired) electrons. The molecule has 7 N–H and O–H groups in total. The number of anilines is 1. The Hall–Kier alpha value is -1.38. The van der Waals surface area contributed by atoms with Crippen molar-refractivity contribution in [1.29, 1.82) is 0 Å². The molecule has 1 saturated heterocycles. The molecule has 2 aromatic heterocycles. The van der Waals surface area contributed by atoms with Crippen molar-refractivity contribution in [2.45, 2.75) is 24.9 Å². The van der Waals surface area contributed by atoms with E-state index >= 15 is 0 Å². The number of phosphoric acid groups is 3. The monoisotopic (exact) mass is 588 g/mol. The molecule has 0 bridgehead atoms. The molecule has 1 aliphatic rings. The minimum Gasteiger partial charge on any atom is -0.756 e. The van der Waals surface area contributed by atoms with Crippen molar-refractivity contribution in [1.82, 2.24) is 14.5 Å². The van der Waals surface area contributed by atoms with Crippen molar-refractivity contribution >= 4 is 52.9 Å². The van der Waals surface area contributed by atoms with Gasteiger partial charge in [-0.25, -0.2) is 23.4 Å². The number of ether oxygens (including phenoxy) is 2. The van der Waals surface area contributed by atoms with Crippen molar-refractivity contribution in [3.8, 4) is 11.8 Å². The second-order valence-electron chi connectivity index (χ2n) is 6.98. The van der Waals surface area contributed by atoms with Crippen molar-refractivity contribution in [2.75, 3.05) is 24.8 Å². The Kier molecular flexibility index (Phi) is 9.37. The third kappa shape index (κ3) is 7.57. The first-order valence-electron chi connectivity index (χ1n) is 9.69. The van der Waals surface area contributed by atoms with Crippen LogP contribution in [0.3, 0.4) is 0 Å². The van der Waals surface area contributed by atoms with Gasteiger partial charge in [-0.05, 0) is 0 Å². The SMILES string of the molecule is NCC#Cc1cn([C@H]2CC(OCS)[C@@H](COP(=O)(O)OP(=O)(O)OP(=O)([O-])O)O2)c2ncnc(N)c12. The molecule has 3 heterocycles. The Morgan fingerprint density at radius 3 is 2.61 bits per heavy atom. The molecule has 0 aliphatic carbocycles. The van der Waals surface area contributed by atoms with Crippen LogP contribution in [0.15, 0.2) is 12.5 Å². The molecule has 0 amide bonds. The molecule has 6 atom stereocenters. The summed E-state index contributed by atoms with van der Waals surface area (Å²) in [6.45, 7) is -0.621. The molecule has 17 nitrogen and oxygen atoms in total. The van der Waals surface area contributed by atoms with Crippen LogP contribution in [-0.4, -0.2) is 60.5 Å². The van der Waals surface area contributed by atoms with E-state index in [1.54, 1.807) is 10.8 Å². The summed E-state index contributed by atoms with van der Waals surface area (Å²) in [5, 5.41) is 0.458. The third-order valence-corrected chi connectivity index (χ3v) is 8.48. The third-order valence-electron chi connectivity index (χ3n) is 4.56. The average molecular weight is 588 g/mol. The Morgan fingerprint density at radius 2 is 1.97 bits per heavy atom. The molecule has 0 spiro atoms. The molecular weight excluding hydrogens is 567 g/mol. The number of fused-ring (bicyclic) bond motifs is 1. The second-order valence-corrected chi connectivity index (χ2v) is 11.6. The van der Waals surface area contributed by atoms with E-state index in [9.17, 15) is 28.4 Å². The summed E-state index contributed by atoms with van der Waals surface area (Å²) in [4.78, 5) is 46.3. The van der Waals surface area contributed by atoms with Gasteiger partial charge < -0.3 is 45.1 Å². The lowest BCUT2D eigenvalue weighted by Crippen LogP contribution is -2.28. The number of nitrogens with zero attached hydrogens (tertiary/aromatic N) is 3. The smallest absolute Gasteiger partial charge is 0.487 e. The number of rotatable bonds is 10. The van der Waals surface area contributed by atoms with Gasteiger partial charge in [0, 0.05) is 12.6 Å². The lowest BCUT2D eigenvalue weighted by atomic mass is 10.2. The minimum atomic E-state index is -5.77. The molecule has 3 rings (SSSR count). The van der Waals surface area contributed by atoms with E-state index in [-0.39, 0.29) is 24.7 Å². The maximum absolute atomic E-state index is 12.1. The molecule has 1 aliphatic heterocycles. The highest BCUT2D eigenvalue weighted by molar-refractivity contribution is 7.80. The van der Waals surface area contributed by atoms with E-state index < -0.39 is 48.5 Å². The minimum absolute atomic E-state index is 0.0612. The zero-order chi connectivity index (χ0) is 26.7. The first kappa shape index (κ1) is 29.2. The van der Waals surface area contributed by atoms with Gasteiger partial charge in [0.1, 0.15) is 30.1 Å². The number of nitrogen functional groups attached to an aromatic ring is 1. The van der Waals surface area contributed by atoms with Gasteiger partial charge in [0.2, 0.25) is 0 Å². The Balaban J connectivity index is 1.80. The summed E-state index contributed by atoms with van der Waals surface area (Å²) in [6, 6.07) is 0. The van der Waals surface area contributed by atoms with Crippen LogP contribution in [-0.2, 0) is 36.3 Å². The normalized spacial score (nSPS) is 25.0. The second kappa shape index (κ2) is 11.6. The van der Waals surface area contributed by atoms with E-state index in [0.29, 0.717) is 16.6 Å². The molecule has 4 unspecified atom stereocenters. The van der Waals surface area contributed by atoms with Crippen LogP contribution >= 0.6 is 36.1 Å². The molecule has 1 fully saturated rings. The molecule has 36 heavy (non-hydrogen) atoms. The first-order valence-corrected chi connectivity index (χ1v) is 14.8. The molecule has 200 valence electrons. The van der Waals surface area contributed by atoms with Gasteiger partial charge in [-0.2, -0.15) is 16.9 Å². The van der Waals surface area contributed by atoms with Gasteiger partial charge in [-0.1, -0.05) is 11.8 Å². The van der Waals surface area contributed by atoms with Gasteiger partial charge in [0.05, 0.1) is 36.1 Å². The molecule has 0 aromatic carbocycles. The van der Waals surface area contributed by atoms with E-state index in [4.69, 9.17) is 25.8 Å². The summed E-state index contributed by atoms with van der Waals surface area (Å²) in [5.74, 6) is 5.69. The fourth-order valence-electron chi connectivity index (χ4n) is 3.33. The van der Waals surface area contributed by atoms with Crippen molar-refractivity contribution in [3.63, 3.8) is 0 Å². The predicted molar refractivity (Wildman–Crippen MR) is 123 cm³/mol. The van der Waals surface area contributed by atoms with Crippen LogP contribution in [0.1, 0.15) is 18.2 Å². The summed E-state index contributed by atoms with van der Waals surface area (Å²) >= 11 is 4.00. The van der Waals surface area contributed by atoms with Crippen molar-refractivity contribution in [2.24, 2.45) is 5.73 Å². The van der Waals surface area contributed by atoms with E-state index in [1.807, 2.05) is 0 Å². The fourth-order valence-corrected chi connectivity index (χ4v) is 6.52. The van der Waals surface area contributed by atoms with Crippen molar-refractivity contribution in [3.05, 3.63) is 18.1 Å². The lowest BCUT2D eigenvalue weighted by molar-refractivity contribution is -0.212. The van der Waals surface area contributed by atoms with Crippen LogP contribution < -0.4 is 16.4 Å². The summed E-state index contributed by atoms with van der Waals surface area (Å²) in [6.07, 6.45) is 0.477. The average Bonchev–Trinajstić information content (AvgIpc) is 3.30. The van der Waals surface area contributed by atoms with E-state index in [0.717, 1.165) is 0 Å². The van der Waals surface area contributed by atoms with Crippen LogP contribution in [0.4, 0.5) is 5.82 Å². The topological polar surface area (TPSA) is 264 Å². The highest BCUT2D eigenvalue weighted by Crippen LogP contribution is 2.65. The zero-order valence-corrected chi connectivity index (χ0v) is 21.6. The highest BCUT2D eigenvalue weighted by Gasteiger charge is 2.42. The first-order chi connectivity index (χ1) is 16.8. The molecular formula is C15H21N5O12P3S-. The predicted octanol–water partition coefficient (Wildman–Crippen LogP) is -0.405. The Morgan fingerprint density at radius 1 is 1.25 bits per heavy atom. The maximum Gasteiger partial charge on any atom is 0.487 e. The number of aromatic nitrogens is 3. The number of thiol groups is 1. The van der Waals surface area contributed by atoms with Crippen LogP contribution in [0.5, 0.6) is 0 Å². The number of nitrogens with two attached hydrogens (primary N) is 2. The Labute approximate surface area is 208 Å². The quantitative estimate of drug-likeness (QED) is 0.0892. The fraction of sp³-hybridized carbons (Fsp3) is 0.467. The maximum atomic E-state index is 12.1. The molecule has 0 saturated carbocycles. The summed E-state index contributed by atoms with van der Waals surface area (Å²) < 4.78 is 59.1. The highest BCUT2D eigenvalue weighted by atomic mass is 32.1. The standard InChI is InChI=1S/C15H22N5O12P3S/c16-3-1-2-9-5-20(15-13(9)14(17)18-7-19-15)12-4-10(28-8-36)11(30-12)6-29-34(24,25)32-35(26,27)31-33(21,22)23/h5,7,10-12,36H,3-4,6,8,16H2,(H,24,25)(H,26,27)(H2,17,18,19)(H2,21,22,23)/p-1/t10?,11-,12-/m1/s1. The van der Waals surface area contributed by atoms with Gasteiger partial charge in [-0.15, -0.1) is 0 Å². The number of hydrogen-bond donors (Lipinski definition) is 6. The molecule has 2 aromatic rings. The van der Waals surface area contributed by atoms with Crippen LogP contribution in [0.2, 0.25) is 0 Å². The summed E-state index contributed by atoms with van der Waals surface area (Å²) in [5.41, 5.74) is 12.3. The van der Waals surface area contributed by atoms with Crippen LogP contribution in [0, 0.1) is 11.8 Å². The van der Waals surface area contributed by atoms with Crippen molar-refractivity contribution < 1.29 is 55.9 Å². The lowest BCUT2D eigenvalue weighted by Gasteiger charge is -2.22. The van der Waals surface area contributed by atoms with E-state index in [1.165, 1.54) is 6.33 Å². The van der Waals surface area contributed by atoms with Gasteiger partial charge in [0.15, 0.2) is 0 Å². The Bertz CT molecular complexity index is 1310. The largest absolute Gasteiger partial charge is 0.756 e. The van der Waals surface area contributed by atoms with Gasteiger partial charge in [-0.3, -0.25) is 9.09 Å². The van der Waals surface area contributed by atoms with Crippen LogP contribution in [0.25, 0.3) is 11.0 Å². The molecule has 21 heteroatoms.